The van der Waals surface area contributed by atoms with Crippen LogP contribution in [-0.4, -0.2) is 25.3 Å². The molecule has 0 radical (unpaired) electrons. The van der Waals surface area contributed by atoms with Gasteiger partial charge in [-0.1, -0.05) is 49.2 Å². The first-order valence-electron chi connectivity index (χ1n) is 8.78. The molecular weight excluding hydrogens is 336 g/mol. The second-order valence-electron chi connectivity index (χ2n) is 6.44. The summed E-state index contributed by atoms with van der Waals surface area (Å²) in [5.74, 6) is 1.51. The number of thioether (sulfide) groups is 1. The fraction of sp³-hybridized carbons (Fsp3) is 0.526. The standard InChI is InChI=1S/C19H26N2OS2/c1-15-16(2)21(17-9-5-3-6-10-17)19(20-15)23-13-14-24(22)18-11-7-4-8-12-18/h4,7-8,11-12,17H,3,5-6,9-10,13-14H2,1-2H3. The van der Waals surface area contributed by atoms with Crippen molar-refractivity contribution in [3.05, 3.63) is 41.7 Å². The lowest BCUT2D eigenvalue weighted by Crippen LogP contribution is -2.15. The highest BCUT2D eigenvalue weighted by molar-refractivity contribution is 8.00. The summed E-state index contributed by atoms with van der Waals surface area (Å²) < 4.78 is 14.8. The molecule has 1 atom stereocenters. The lowest BCUT2D eigenvalue weighted by molar-refractivity contribution is 0.332. The molecule has 1 aromatic heterocycles. The van der Waals surface area contributed by atoms with Crippen molar-refractivity contribution in [1.29, 1.82) is 0 Å². The van der Waals surface area contributed by atoms with Crippen LogP contribution in [0.5, 0.6) is 0 Å². The SMILES string of the molecule is Cc1nc(SCCS(=O)c2ccccc2)n(C2CCCCC2)c1C. The average Bonchev–Trinajstić information content (AvgIpc) is 2.90. The maximum atomic E-state index is 12.4. The Morgan fingerprint density at radius 3 is 2.58 bits per heavy atom. The summed E-state index contributed by atoms with van der Waals surface area (Å²) in [6.45, 7) is 4.28. The monoisotopic (exact) mass is 362 g/mol. The third-order valence-corrected chi connectivity index (χ3v) is 7.39. The molecule has 1 unspecified atom stereocenters. The summed E-state index contributed by atoms with van der Waals surface area (Å²) in [4.78, 5) is 5.70. The van der Waals surface area contributed by atoms with Crippen LogP contribution in [0.4, 0.5) is 0 Å². The van der Waals surface area contributed by atoms with Crippen LogP contribution in [0.25, 0.3) is 0 Å². The van der Waals surface area contributed by atoms with E-state index in [1.165, 1.54) is 37.8 Å². The van der Waals surface area contributed by atoms with Gasteiger partial charge in [-0.15, -0.1) is 0 Å². The maximum Gasteiger partial charge on any atom is 0.168 e. The number of imidazole rings is 1. The largest absolute Gasteiger partial charge is 0.320 e. The number of aromatic nitrogens is 2. The Kier molecular flexibility index (Phi) is 6.17. The summed E-state index contributed by atoms with van der Waals surface area (Å²) in [5, 5.41) is 1.11. The molecule has 0 N–H and O–H groups in total. The summed E-state index contributed by atoms with van der Waals surface area (Å²) in [7, 11) is -0.925. The van der Waals surface area contributed by atoms with Gasteiger partial charge in [0.2, 0.25) is 0 Å². The predicted octanol–water partition coefficient (Wildman–Crippen LogP) is 4.91. The van der Waals surface area contributed by atoms with Gasteiger partial charge in [0.15, 0.2) is 5.16 Å². The van der Waals surface area contributed by atoms with Crippen LogP contribution in [0, 0.1) is 13.8 Å². The summed E-state index contributed by atoms with van der Waals surface area (Å²) in [6.07, 6.45) is 6.54. The van der Waals surface area contributed by atoms with Crippen LogP contribution >= 0.6 is 11.8 Å². The molecule has 0 amide bonds. The first-order valence-corrected chi connectivity index (χ1v) is 11.1. The maximum absolute atomic E-state index is 12.4. The molecule has 0 bridgehead atoms. The zero-order chi connectivity index (χ0) is 16.9. The van der Waals surface area contributed by atoms with Gasteiger partial charge in [0.25, 0.3) is 0 Å². The molecular formula is C19H26N2OS2. The lowest BCUT2D eigenvalue weighted by Gasteiger charge is -2.26. The number of benzene rings is 1. The van der Waals surface area contributed by atoms with Crippen LogP contribution in [0.3, 0.4) is 0 Å². The molecule has 24 heavy (non-hydrogen) atoms. The van der Waals surface area contributed by atoms with Gasteiger partial charge in [-0.05, 0) is 38.8 Å². The molecule has 1 aliphatic rings. The molecule has 3 rings (SSSR count). The van der Waals surface area contributed by atoms with E-state index < -0.39 is 10.8 Å². The topological polar surface area (TPSA) is 34.9 Å². The van der Waals surface area contributed by atoms with Crippen molar-refractivity contribution >= 4 is 22.6 Å². The highest BCUT2D eigenvalue weighted by Gasteiger charge is 2.22. The van der Waals surface area contributed by atoms with Crippen molar-refractivity contribution in [2.75, 3.05) is 11.5 Å². The summed E-state index contributed by atoms with van der Waals surface area (Å²) in [6, 6.07) is 10.3. The van der Waals surface area contributed by atoms with Gasteiger partial charge in [-0.3, -0.25) is 4.21 Å². The second-order valence-corrected chi connectivity index (χ2v) is 9.07. The number of hydrogen-bond acceptors (Lipinski definition) is 3. The summed E-state index contributed by atoms with van der Waals surface area (Å²) >= 11 is 1.76. The molecule has 1 saturated carbocycles. The van der Waals surface area contributed by atoms with Crippen molar-refractivity contribution in [3.63, 3.8) is 0 Å². The Morgan fingerprint density at radius 2 is 1.88 bits per heavy atom. The Labute approximate surface area is 151 Å². The predicted molar refractivity (Wildman–Crippen MR) is 102 cm³/mol. The minimum absolute atomic E-state index is 0.599. The van der Waals surface area contributed by atoms with Crippen molar-refractivity contribution in [1.82, 2.24) is 9.55 Å². The van der Waals surface area contributed by atoms with Gasteiger partial charge in [0, 0.05) is 28.1 Å². The van der Waals surface area contributed by atoms with E-state index in [1.807, 2.05) is 30.3 Å². The Balaban J connectivity index is 1.65. The van der Waals surface area contributed by atoms with Crippen molar-refractivity contribution in [2.24, 2.45) is 0 Å². The third-order valence-electron chi connectivity index (χ3n) is 4.80. The quantitative estimate of drug-likeness (QED) is 0.685. The molecule has 1 aliphatic carbocycles. The van der Waals surface area contributed by atoms with E-state index in [1.54, 1.807) is 11.8 Å². The molecule has 130 valence electrons. The molecule has 3 nitrogen and oxygen atoms in total. The Bertz CT molecular complexity index is 691. The number of rotatable bonds is 6. The molecule has 0 saturated heterocycles. The van der Waals surface area contributed by atoms with E-state index in [2.05, 4.69) is 18.4 Å². The molecule has 1 heterocycles. The minimum Gasteiger partial charge on any atom is -0.320 e. The molecule has 0 spiro atoms. The number of aryl methyl sites for hydroxylation is 1. The van der Waals surface area contributed by atoms with Gasteiger partial charge in [-0.2, -0.15) is 0 Å². The number of hydrogen-bond donors (Lipinski definition) is 0. The van der Waals surface area contributed by atoms with E-state index in [0.29, 0.717) is 11.8 Å². The van der Waals surface area contributed by atoms with Crippen molar-refractivity contribution in [2.45, 2.75) is 62.0 Å². The fourth-order valence-electron chi connectivity index (χ4n) is 3.37. The Morgan fingerprint density at radius 1 is 1.17 bits per heavy atom. The lowest BCUT2D eigenvalue weighted by atomic mass is 9.95. The summed E-state index contributed by atoms with van der Waals surface area (Å²) in [5.41, 5.74) is 2.43. The Hall–Kier alpha value is -1.07. The highest BCUT2D eigenvalue weighted by atomic mass is 32.2. The van der Waals surface area contributed by atoms with Gasteiger partial charge in [0.05, 0.1) is 16.5 Å². The van der Waals surface area contributed by atoms with E-state index >= 15 is 0 Å². The zero-order valence-corrected chi connectivity index (χ0v) is 16.2. The van der Waals surface area contributed by atoms with Crippen molar-refractivity contribution in [3.8, 4) is 0 Å². The zero-order valence-electron chi connectivity index (χ0n) is 14.5. The first-order chi connectivity index (χ1) is 11.7. The van der Waals surface area contributed by atoms with E-state index in [4.69, 9.17) is 4.98 Å². The first kappa shape index (κ1) is 17.7. The minimum atomic E-state index is -0.925. The van der Waals surface area contributed by atoms with Gasteiger partial charge < -0.3 is 4.57 Å². The normalized spacial score (nSPS) is 17.1. The van der Waals surface area contributed by atoms with Gasteiger partial charge >= 0.3 is 0 Å². The highest BCUT2D eigenvalue weighted by Crippen LogP contribution is 2.34. The second kappa shape index (κ2) is 8.34. The van der Waals surface area contributed by atoms with Crippen LogP contribution in [0.1, 0.15) is 49.5 Å². The fourth-order valence-corrected chi connectivity index (χ4v) is 5.81. The number of nitrogens with zero attached hydrogens (tertiary/aromatic N) is 2. The molecule has 0 aliphatic heterocycles. The van der Waals surface area contributed by atoms with Crippen molar-refractivity contribution < 1.29 is 4.21 Å². The van der Waals surface area contributed by atoms with Gasteiger partial charge in [0.1, 0.15) is 0 Å². The third kappa shape index (κ3) is 4.12. The van der Waals surface area contributed by atoms with Crippen LogP contribution < -0.4 is 0 Å². The van der Waals surface area contributed by atoms with Gasteiger partial charge in [-0.25, -0.2) is 4.98 Å². The molecule has 1 fully saturated rings. The van der Waals surface area contributed by atoms with Crippen LogP contribution in [-0.2, 0) is 10.8 Å². The molecule has 1 aromatic carbocycles. The van der Waals surface area contributed by atoms with E-state index in [0.717, 1.165) is 21.5 Å². The smallest absolute Gasteiger partial charge is 0.168 e. The van der Waals surface area contributed by atoms with Crippen LogP contribution in [0.15, 0.2) is 40.4 Å². The van der Waals surface area contributed by atoms with E-state index in [9.17, 15) is 4.21 Å². The van der Waals surface area contributed by atoms with Crippen LogP contribution in [0.2, 0.25) is 0 Å². The molecule has 2 aromatic rings. The molecule has 5 heteroatoms. The van der Waals surface area contributed by atoms with E-state index in [-0.39, 0.29) is 0 Å². The average molecular weight is 363 g/mol.